The van der Waals surface area contributed by atoms with Gasteiger partial charge in [-0.3, -0.25) is 14.5 Å². The maximum Gasteiger partial charge on any atom is 0.417 e. The quantitative estimate of drug-likeness (QED) is 0.552. The van der Waals surface area contributed by atoms with Crippen LogP contribution in [-0.4, -0.2) is 36.3 Å². The van der Waals surface area contributed by atoms with Crippen LogP contribution in [0.3, 0.4) is 0 Å². The Labute approximate surface area is 184 Å². The SMILES string of the molecule is CC(C(=O)Nc1ccc(C(F)(F)F)cc1)N(C)CC(=O)Nc1ccc(Cl)c(C(F)(F)F)c1. The Balaban J connectivity index is 1.96. The molecule has 0 heterocycles. The molecule has 12 heteroatoms. The Bertz CT molecular complexity index is 977. The van der Waals surface area contributed by atoms with Gasteiger partial charge in [0.2, 0.25) is 11.8 Å². The molecule has 0 aliphatic heterocycles. The molecule has 0 saturated carbocycles. The lowest BCUT2D eigenvalue weighted by Gasteiger charge is -2.23. The van der Waals surface area contributed by atoms with Crippen LogP contribution < -0.4 is 10.6 Å². The number of alkyl halides is 6. The van der Waals surface area contributed by atoms with Crippen LogP contribution >= 0.6 is 11.6 Å². The van der Waals surface area contributed by atoms with Gasteiger partial charge in [-0.25, -0.2) is 0 Å². The second kappa shape index (κ2) is 9.78. The third-order valence-electron chi connectivity index (χ3n) is 4.47. The van der Waals surface area contributed by atoms with Crippen molar-refractivity contribution in [2.75, 3.05) is 24.2 Å². The van der Waals surface area contributed by atoms with Crippen LogP contribution in [0, 0.1) is 0 Å². The average molecular weight is 482 g/mol. The largest absolute Gasteiger partial charge is 0.417 e. The highest BCUT2D eigenvalue weighted by molar-refractivity contribution is 6.31. The van der Waals surface area contributed by atoms with Gasteiger partial charge in [-0.1, -0.05) is 11.6 Å². The van der Waals surface area contributed by atoms with Gasteiger partial charge in [0, 0.05) is 11.4 Å². The van der Waals surface area contributed by atoms with Gasteiger partial charge in [-0.15, -0.1) is 0 Å². The predicted molar refractivity (Wildman–Crippen MR) is 107 cm³/mol. The van der Waals surface area contributed by atoms with Gasteiger partial charge in [-0.2, -0.15) is 26.3 Å². The molecule has 0 aromatic heterocycles. The van der Waals surface area contributed by atoms with Crippen molar-refractivity contribution in [2.24, 2.45) is 0 Å². The van der Waals surface area contributed by atoms with E-state index in [1.54, 1.807) is 0 Å². The van der Waals surface area contributed by atoms with E-state index in [9.17, 15) is 35.9 Å². The number of benzene rings is 2. The Hall–Kier alpha value is -2.79. The van der Waals surface area contributed by atoms with Gasteiger partial charge in [-0.05, 0) is 56.4 Å². The summed E-state index contributed by atoms with van der Waals surface area (Å²) in [6.07, 6.45) is -9.20. The van der Waals surface area contributed by atoms with Crippen molar-refractivity contribution in [3.05, 3.63) is 58.6 Å². The molecule has 0 radical (unpaired) electrons. The van der Waals surface area contributed by atoms with E-state index in [-0.39, 0.29) is 17.9 Å². The zero-order valence-corrected chi connectivity index (χ0v) is 17.5. The third-order valence-corrected chi connectivity index (χ3v) is 4.80. The highest BCUT2D eigenvalue weighted by Crippen LogP contribution is 2.36. The predicted octanol–water partition coefficient (Wildman–Crippen LogP) is 5.28. The van der Waals surface area contributed by atoms with Gasteiger partial charge in [0.25, 0.3) is 0 Å². The van der Waals surface area contributed by atoms with Crippen molar-refractivity contribution in [1.29, 1.82) is 0 Å². The number of hydrogen-bond acceptors (Lipinski definition) is 3. The van der Waals surface area contributed by atoms with Crippen molar-refractivity contribution in [3.8, 4) is 0 Å². The smallest absolute Gasteiger partial charge is 0.325 e. The van der Waals surface area contributed by atoms with E-state index in [4.69, 9.17) is 11.6 Å². The molecule has 0 saturated heterocycles. The van der Waals surface area contributed by atoms with Gasteiger partial charge in [0.05, 0.1) is 28.7 Å². The number of nitrogens with one attached hydrogen (secondary N) is 2. The molecular formula is C20H18ClF6N3O2. The van der Waals surface area contributed by atoms with Crippen LogP contribution in [0.2, 0.25) is 5.02 Å². The molecule has 174 valence electrons. The molecule has 1 atom stereocenters. The van der Waals surface area contributed by atoms with Gasteiger partial charge in [0.1, 0.15) is 0 Å². The van der Waals surface area contributed by atoms with Crippen LogP contribution in [0.25, 0.3) is 0 Å². The van der Waals surface area contributed by atoms with Crippen LogP contribution in [-0.2, 0) is 21.9 Å². The van der Waals surface area contributed by atoms with Crippen molar-refractivity contribution < 1.29 is 35.9 Å². The first-order chi connectivity index (χ1) is 14.7. The molecule has 0 aliphatic rings. The number of rotatable bonds is 6. The minimum Gasteiger partial charge on any atom is -0.325 e. The van der Waals surface area contributed by atoms with E-state index >= 15 is 0 Å². The highest BCUT2D eigenvalue weighted by atomic mass is 35.5. The zero-order valence-electron chi connectivity index (χ0n) is 16.7. The van der Waals surface area contributed by atoms with Gasteiger partial charge in [0.15, 0.2) is 0 Å². The first-order valence-electron chi connectivity index (χ1n) is 9.03. The summed E-state index contributed by atoms with van der Waals surface area (Å²) in [4.78, 5) is 25.8. The Morgan fingerprint density at radius 1 is 0.938 bits per heavy atom. The normalized spacial score (nSPS) is 13.1. The van der Waals surface area contributed by atoms with Crippen molar-refractivity contribution in [2.45, 2.75) is 25.3 Å². The number of anilines is 2. The molecular weight excluding hydrogens is 464 g/mol. The molecule has 2 N–H and O–H groups in total. The monoisotopic (exact) mass is 481 g/mol. The Morgan fingerprint density at radius 3 is 2.03 bits per heavy atom. The summed E-state index contributed by atoms with van der Waals surface area (Å²) in [6.45, 7) is 1.11. The summed E-state index contributed by atoms with van der Waals surface area (Å²) < 4.78 is 76.6. The maximum atomic E-state index is 12.9. The van der Waals surface area contributed by atoms with E-state index in [1.165, 1.54) is 24.9 Å². The summed E-state index contributed by atoms with van der Waals surface area (Å²) in [7, 11) is 1.43. The Kier molecular flexibility index (Phi) is 7.79. The lowest BCUT2D eigenvalue weighted by Crippen LogP contribution is -2.43. The molecule has 2 amide bonds. The van der Waals surface area contributed by atoms with Gasteiger partial charge < -0.3 is 10.6 Å². The minimum absolute atomic E-state index is 0.123. The minimum atomic E-state index is -4.69. The summed E-state index contributed by atoms with van der Waals surface area (Å²) in [6, 6.07) is 5.86. The van der Waals surface area contributed by atoms with E-state index < -0.39 is 46.4 Å². The summed E-state index contributed by atoms with van der Waals surface area (Å²) >= 11 is 5.53. The maximum absolute atomic E-state index is 12.9. The average Bonchev–Trinajstić information content (AvgIpc) is 2.67. The van der Waals surface area contributed by atoms with Crippen molar-refractivity contribution >= 4 is 34.8 Å². The van der Waals surface area contributed by atoms with E-state index in [1.807, 2.05) is 0 Å². The molecule has 32 heavy (non-hydrogen) atoms. The number of hydrogen-bond donors (Lipinski definition) is 2. The molecule has 1 unspecified atom stereocenters. The Morgan fingerprint density at radius 2 is 1.50 bits per heavy atom. The topological polar surface area (TPSA) is 61.4 Å². The lowest BCUT2D eigenvalue weighted by molar-refractivity contribution is -0.138. The summed E-state index contributed by atoms with van der Waals surface area (Å²) in [5, 5.41) is 4.22. The second-order valence-corrected chi connectivity index (χ2v) is 7.30. The molecule has 0 spiro atoms. The number of likely N-dealkylation sites (N-methyl/N-ethyl adjacent to an activating group) is 1. The number of halogens is 7. The molecule has 2 aromatic carbocycles. The van der Waals surface area contributed by atoms with Crippen LogP contribution in [0.15, 0.2) is 42.5 Å². The van der Waals surface area contributed by atoms with E-state index in [2.05, 4.69) is 10.6 Å². The number of nitrogens with zero attached hydrogens (tertiary/aromatic N) is 1. The van der Waals surface area contributed by atoms with Crippen LogP contribution in [0.5, 0.6) is 0 Å². The van der Waals surface area contributed by atoms with Gasteiger partial charge >= 0.3 is 12.4 Å². The fraction of sp³-hybridized carbons (Fsp3) is 0.300. The molecule has 0 fully saturated rings. The van der Waals surface area contributed by atoms with Crippen molar-refractivity contribution in [3.63, 3.8) is 0 Å². The standard InChI is InChI=1S/C20H18ClF6N3O2/c1-11(18(32)29-13-5-3-12(4-6-13)19(22,23)24)30(2)10-17(31)28-14-7-8-16(21)15(9-14)20(25,26)27/h3-9,11H,10H2,1-2H3,(H,28,31)(H,29,32). The third kappa shape index (κ3) is 6.86. The number of carbonyl (C=O) groups excluding carboxylic acids is 2. The summed E-state index contributed by atoms with van der Waals surface area (Å²) in [5.74, 6) is -1.27. The fourth-order valence-corrected chi connectivity index (χ4v) is 2.80. The van der Waals surface area contributed by atoms with E-state index in [0.29, 0.717) is 6.07 Å². The van der Waals surface area contributed by atoms with Crippen LogP contribution in [0.1, 0.15) is 18.1 Å². The van der Waals surface area contributed by atoms with Crippen LogP contribution in [0.4, 0.5) is 37.7 Å². The zero-order chi connectivity index (χ0) is 24.3. The molecule has 5 nitrogen and oxygen atoms in total. The first kappa shape index (κ1) is 25.5. The fourth-order valence-electron chi connectivity index (χ4n) is 2.57. The number of amides is 2. The van der Waals surface area contributed by atoms with Crippen molar-refractivity contribution in [1.82, 2.24) is 4.90 Å². The molecule has 2 rings (SSSR count). The molecule has 2 aromatic rings. The lowest BCUT2D eigenvalue weighted by atomic mass is 10.2. The first-order valence-corrected chi connectivity index (χ1v) is 9.41. The van der Waals surface area contributed by atoms with E-state index in [0.717, 1.165) is 30.3 Å². The summed E-state index contributed by atoms with van der Waals surface area (Å²) in [5.41, 5.74) is -1.96. The highest BCUT2D eigenvalue weighted by Gasteiger charge is 2.33. The molecule has 0 bridgehead atoms. The number of carbonyl (C=O) groups is 2. The second-order valence-electron chi connectivity index (χ2n) is 6.90. The molecule has 0 aliphatic carbocycles.